The third-order valence-corrected chi connectivity index (χ3v) is 4.91. The fourth-order valence-corrected chi connectivity index (χ4v) is 3.30. The van der Waals surface area contributed by atoms with E-state index in [-0.39, 0.29) is 0 Å². The minimum Gasteiger partial charge on any atom is -0.376 e. The van der Waals surface area contributed by atoms with Crippen LogP contribution in [0.2, 0.25) is 0 Å². The summed E-state index contributed by atoms with van der Waals surface area (Å²) in [6, 6.07) is 10.4. The third-order valence-electron chi connectivity index (χ3n) is 3.72. The molecule has 1 saturated carbocycles. The molecule has 1 aliphatic carbocycles. The first-order chi connectivity index (χ1) is 8.35. The minimum atomic E-state index is 0.396. The number of alkyl halides is 1. The molecule has 1 aliphatic rings. The van der Waals surface area contributed by atoms with E-state index in [0.717, 1.165) is 18.5 Å². The molecule has 0 heterocycles. The summed E-state index contributed by atoms with van der Waals surface area (Å²) in [6.07, 6.45) is 6.74. The van der Waals surface area contributed by atoms with Crippen molar-refractivity contribution in [1.29, 1.82) is 0 Å². The van der Waals surface area contributed by atoms with Crippen molar-refractivity contribution in [1.82, 2.24) is 0 Å². The predicted molar refractivity (Wildman–Crippen MR) is 75.4 cm³/mol. The molecular weight excluding hydrogens is 276 g/mol. The van der Waals surface area contributed by atoms with Gasteiger partial charge < -0.3 is 4.74 Å². The zero-order valence-electron chi connectivity index (χ0n) is 10.3. The van der Waals surface area contributed by atoms with Crippen LogP contribution in [0, 0.1) is 5.41 Å². The molecule has 0 aromatic heterocycles. The molecule has 0 unspecified atom stereocenters. The maximum Gasteiger partial charge on any atom is 0.0717 e. The Morgan fingerprint density at radius 1 is 1.06 bits per heavy atom. The molecule has 0 saturated heterocycles. The molecule has 0 N–H and O–H groups in total. The second kappa shape index (κ2) is 6.55. The van der Waals surface area contributed by atoms with Crippen LogP contribution < -0.4 is 0 Å². The standard InChI is InChI=1S/C15H21BrO/c16-12-15(9-5-2-6-10-15)13-17-11-14-7-3-1-4-8-14/h1,3-4,7-8H,2,5-6,9-13H2. The highest BCUT2D eigenvalue weighted by atomic mass is 79.9. The van der Waals surface area contributed by atoms with E-state index < -0.39 is 0 Å². The van der Waals surface area contributed by atoms with Gasteiger partial charge in [-0.3, -0.25) is 0 Å². The Morgan fingerprint density at radius 3 is 2.41 bits per heavy atom. The fraction of sp³-hybridized carbons (Fsp3) is 0.600. The number of hydrogen-bond acceptors (Lipinski definition) is 1. The summed E-state index contributed by atoms with van der Waals surface area (Å²) in [5.41, 5.74) is 1.67. The molecule has 0 spiro atoms. The average molecular weight is 297 g/mol. The van der Waals surface area contributed by atoms with Gasteiger partial charge in [0.15, 0.2) is 0 Å². The second-order valence-corrected chi connectivity index (χ2v) is 5.73. The van der Waals surface area contributed by atoms with Crippen LogP contribution in [0.1, 0.15) is 37.7 Å². The molecule has 1 nitrogen and oxygen atoms in total. The largest absolute Gasteiger partial charge is 0.376 e. The summed E-state index contributed by atoms with van der Waals surface area (Å²) in [5, 5.41) is 1.08. The lowest BCUT2D eigenvalue weighted by Crippen LogP contribution is -2.31. The maximum absolute atomic E-state index is 5.92. The van der Waals surface area contributed by atoms with Crippen molar-refractivity contribution < 1.29 is 4.74 Å². The lowest BCUT2D eigenvalue weighted by atomic mass is 9.76. The van der Waals surface area contributed by atoms with Gasteiger partial charge in [0.25, 0.3) is 0 Å². The van der Waals surface area contributed by atoms with E-state index in [9.17, 15) is 0 Å². The molecule has 0 radical (unpaired) electrons. The minimum absolute atomic E-state index is 0.396. The van der Waals surface area contributed by atoms with E-state index in [1.807, 2.05) is 6.07 Å². The first-order valence-electron chi connectivity index (χ1n) is 6.52. The Labute approximate surface area is 113 Å². The van der Waals surface area contributed by atoms with Gasteiger partial charge in [0, 0.05) is 10.7 Å². The molecule has 2 heteroatoms. The zero-order chi connectivity index (χ0) is 12.0. The molecule has 17 heavy (non-hydrogen) atoms. The summed E-state index contributed by atoms with van der Waals surface area (Å²) < 4.78 is 5.92. The smallest absolute Gasteiger partial charge is 0.0717 e. The van der Waals surface area contributed by atoms with Gasteiger partial charge in [-0.15, -0.1) is 0 Å². The fourth-order valence-electron chi connectivity index (χ4n) is 2.58. The Kier molecular flexibility index (Phi) is 5.05. The van der Waals surface area contributed by atoms with Gasteiger partial charge in [-0.1, -0.05) is 65.5 Å². The molecule has 1 aromatic carbocycles. The third kappa shape index (κ3) is 3.82. The maximum atomic E-state index is 5.92. The summed E-state index contributed by atoms with van der Waals surface area (Å²) in [6.45, 7) is 1.64. The van der Waals surface area contributed by atoms with Crippen molar-refractivity contribution in [2.45, 2.75) is 38.7 Å². The Hall–Kier alpha value is -0.340. The second-order valence-electron chi connectivity index (χ2n) is 5.17. The Bertz CT molecular complexity index is 317. The van der Waals surface area contributed by atoms with Gasteiger partial charge in [0.05, 0.1) is 13.2 Å². The summed E-state index contributed by atoms with van der Waals surface area (Å²) in [4.78, 5) is 0. The topological polar surface area (TPSA) is 9.23 Å². The van der Waals surface area contributed by atoms with Gasteiger partial charge >= 0.3 is 0 Å². The molecular formula is C15H21BrO. The average Bonchev–Trinajstić information content (AvgIpc) is 2.41. The summed E-state index contributed by atoms with van der Waals surface area (Å²) in [5.74, 6) is 0. The van der Waals surface area contributed by atoms with E-state index in [2.05, 4.69) is 40.2 Å². The van der Waals surface area contributed by atoms with Crippen molar-refractivity contribution in [3.8, 4) is 0 Å². The molecule has 1 aromatic rings. The molecule has 1 fully saturated rings. The SMILES string of the molecule is BrCC1(COCc2ccccc2)CCCCC1. The molecule has 2 rings (SSSR count). The van der Waals surface area contributed by atoms with Crippen molar-refractivity contribution in [2.75, 3.05) is 11.9 Å². The van der Waals surface area contributed by atoms with Crippen molar-refractivity contribution in [3.05, 3.63) is 35.9 Å². The van der Waals surface area contributed by atoms with Crippen molar-refractivity contribution in [2.24, 2.45) is 5.41 Å². The molecule has 94 valence electrons. The molecule has 0 bridgehead atoms. The lowest BCUT2D eigenvalue weighted by Gasteiger charge is -2.35. The Morgan fingerprint density at radius 2 is 1.76 bits per heavy atom. The lowest BCUT2D eigenvalue weighted by molar-refractivity contribution is 0.0256. The van der Waals surface area contributed by atoms with Crippen LogP contribution in [-0.2, 0) is 11.3 Å². The number of hydrogen-bond donors (Lipinski definition) is 0. The van der Waals surface area contributed by atoms with E-state index in [4.69, 9.17) is 4.74 Å². The van der Waals surface area contributed by atoms with Crippen LogP contribution in [0.15, 0.2) is 30.3 Å². The van der Waals surface area contributed by atoms with E-state index in [0.29, 0.717) is 5.41 Å². The summed E-state index contributed by atoms with van der Waals surface area (Å²) in [7, 11) is 0. The van der Waals surface area contributed by atoms with Crippen LogP contribution in [0.4, 0.5) is 0 Å². The quantitative estimate of drug-likeness (QED) is 0.725. The number of ether oxygens (including phenoxy) is 1. The first-order valence-corrected chi connectivity index (χ1v) is 7.64. The Balaban J connectivity index is 1.80. The van der Waals surface area contributed by atoms with E-state index in [1.54, 1.807) is 0 Å². The van der Waals surface area contributed by atoms with Crippen LogP contribution in [0.3, 0.4) is 0 Å². The molecule has 0 amide bonds. The number of rotatable bonds is 5. The number of halogens is 1. The summed E-state index contributed by atoms with van der Waals surface area (Å²) >= 11 is 3.67. The van der Waals surface area contributed by atoms with Gasteiger partial charge in [-0.2, -0.15) is 0 Å². The number of benzene rings is 1. The molecule has 0 atom stereocenters. The highest BCUT2D eigenvalue weighted by Crippen LogP contribution is 2.38. The van der Waals surface area contributed by atoms with Crippen LogP contribution in [0.25, 0.3) is 0 Å². The van der Waals surface area contributed by atoms with Crippen LogP contribution >= 0.6 is 15.9 Å². The van der Waals surface area contributed by atoms with Crippen LogP contribution in [0.5, 0.6) is 0 Å². The molecule has 0 aliphatic heterocycles. The van der Waals surface area contributed by atoms with Crippen molar-refractivity contribution >= 4 is 15.9 Å². The van der Waals surface area contributed by atoms with Gasteiger partial charge in [-0.25, -0.2) is 0 Å². The monoisotopic (exact) mass is 296 g/mol. The van der Waals surface area contributed by atoms with Gasteiger partial charge in [-0.05, 0) is 18.4 Å². The van der Waals surface area contributed by atoms with E-state index >= 15 is 0 Å². The first kappa shape index (κ1) is 13.1. The van der Waals surface area contributed by atoms with Gasteiger partial charge in [0.2, 0.25) is 0 Å². The highest BCUT2D eigenvalue weighted by molar-refractivity contribution is 9.09. The van der Waals surface area contributed by atoms with Crippen LogP contribution in [-0.4, -0.2) is 11.9 Å². The van der Waals surface area contributed by atoms with Gasteiger partial charge in [0.1, 0.15) is 0 Å². The van der Waals surface area contributed by atoms with Crippen molar-refractivity contribution in [3.63, 3.8) is 0 Å². The van der Waals surface area contributed by atoms with E-state index in [1.165, 1.54) is 37.7 Å². The zero-order valence-corrected chi connectivity index (χ0v) is 11.9. The highest BCUT2D eigenvalue weighted by Gasteiger charge is 2.31. The predicted octanol–water partition coefficient (Wildman–Crippen LogP) is 4.55. The normalized spacial score (nSPS) is 19.1.